The molecule has 1 amide bonds. The van der Waals surface area contributed by atoms with Gasteiger partial charge in [-0.15, -0.1) is 11.3 Å². The van der Waals surface area contributed by atoms with Crippen molar-refractivity contribution in [2.45, 2.75) is 44.7 Å². The van der Waals surface area contributed by atoms with Crippen LogP contribution in [0.5, 0.6) is 0 Å². The standard InChI is InChI=1S/C16H18N4O2S/c21-15-7-11-3-1-5-13(11)18-20(15)8-12-4-2-6-19(12)16(22)14-9-23-10-17-14/h7,9-10,12H,1-6,8H2. The predicted octanol–water partition coefficient (Wildman–Crippen LogP) is 1.49. The molecular weight excluding hydrogens is 312 g/mol. The molecule has 23 heavy (non-hydrogen) atoms. The second kappa shape index (κ2) is 5.88. The molecule has 0 saturated carbocycles. The van der Waals surface area contributed by atoms with Gasteiger partial charge in [-0.2, -0.15) is 5.10 Å². The van der Waals surface area contributed by atoms with E-state index in [1.807, 2.05) is 4.90 Å². The first kappa shape index (κ1) is 14.6. The summed E-state index contributed by atoms with van der Waals surface area (Å²) in [6.45, 7) is 1.20. The predicted molar refractivity (Wildman–Crippen MR) is 86.7 cm³/mol. The number of hydrogen-bond donors (Lipinski definition) is 0. The highest BCUT2D eigenvalue weighted by molar-refractivity contribution is 7.07. The van der Waals surface area contributed by atoms with E-state index in [0.717, 1.165) is 49.9 Å². The van der Waals surface area contributed by atoms with Crippen LogP contribution < -0.4 is 5.56 Å². The Hall–Kier alpha value is -2.02. The molecule has 0 bridgehead atoms. The summed E-state index contributed by atoms with van der Waals surface area (Å²) >= 11 is 1.42. The SMILES string of the molecule is O=C(c1cscn1)N1CCCC1Cn1nc2c(cc1=O)CCC2. The maximum absolute atomic E-state index is 12.5. The Morgan fingerprint density at radius 2 is 2.26 bits per heavy atom. The van der Waals surface area contributed by atoms with Crippen molar-refractivity contribution < 1.29 is 4.79 Å². The zero-order chi connectivity index (χ0) is 15.8. The number of fused-ring (bicyclic) bond motifs is 1. The van der Waals surface area contributed by atoms with Gasteiger partial charge in [0.1, 0.15) is 5.69 Å². The first-order valence-electron chi connectivity index (χ1n) is 8.01. The van der Waals surface area contributed by atoms with Gasteiger partial charge in [0.15, 0.2) is 0 Å². The zero-order valence-corrected chi connectivity index (χ0v) is 13.6. The first-order valence-corrected chi connectivity index (χ1v) is 8.96. The van der Waals surface area contributed by atoms with Crippen molar-refractivity contribution in [1.82, 2.24) is 19.7 Å². The number of carbonyl (C=O) groups is 1. The Labute approximate surface area is 137 Å². The molecule has 0 N–H and O–H groups in total. The third kappa shape index (κ3) is 2.69. The van der Waals surface area contributed by atoms with Crippen molar-refractivity contribution in [3.8, 4) is 0 Å². The van der Waals surface area contributed by atoms with Crippen LogP contribution in [0.3, 0.4) is 0 Å². The van der Waals surface area contributed by atoms with Crippen LogP contribution >= 0.6 is 11.3 Å². The summed E-state index contributed by atoms with van der Waals surface area (Å²) < 4.78 is 1.54. The van der Waals surface area contributed by atoms with Gasteiger partial charge in [-0.25, -0.2) is 9.67 Å². The van der Waals surface area contributed by atoms with Crippen LogP contribution in [0.15, 0.2) is 21.8 Å². The summed E-state index contributed by atoms with van der Waals surface area (Å²) in [5.74, 6) is -0.0389. The molecule has 1 saturated heterocycles. The molecule has 7 heteroatoms. The van der Waals surface area contributed by atoms with Crippen LogP contribution in [-0.4, -0.2) is 38.2 Å². The third-order valence-electron chi connectivity index (χ3n) is 4.70. The van der Waals surface area contributed by atoms with Crippen LogP contribution in [0.25, 0.3) is 0 Å². The van der Waals surface area contributed by atoms with Gasteiger partial charge in [-0.3, -0.25) is 9.59 Å². The number of amides is 1. The lowest BCUT2D eigenvalue weighted by Gasteiger charge is -2.24. The number of carbonyl (C=O) groups excluding carboxylic acids is 1. The van der Waals surface area contributed by atoms with Gasteiger partial charge in [0.25, 0.3) is 11.5 Å². The summed E-state index contributed by atoms with van der Waals surface area (Å²) in [6, 6.07) is 1.74. The Kier molecular flexibility index (Phi) is 3.72. The van der Waals surface area contributed by atoms with Crippen molar-refractivity contribution in [3.63, 3.8) is 0 Å². The fourth-order valence-electron chi connectivity index (χ4n) is 3.53. The number of hydrogen-bond acceptors (Lipinski definition) is 5. The summed E-state index contributed by atoms with van der Waals surface area (Å²) in [5, 5.41) is 6.30. The quantitative estimate of drug-likeness (QED) is 0.855. The summed E-state index contributed by atoms with van der Waals surface area (Å²) in [6.07, 6.45) is 4.84. The van der Waals surface area contributed by atoms with E-state index in [0.29, 0.717) is 12.2 Å². The van der Waals surface area contributed by atoms with E-state index in [1.54, 1.807) is 21.6 Å². The minimum absolute atomic E-state index is 0.0221. The maximum Gasteiger partial charge on any atom is 0.273 e. The summed E-state index contributed by atoms with van der Waals surface area (Å²) in [5.41, 5.74) is 4.24. The lowest BCUT2D eigenvalue weighted by molar-refractivity contribution is 0.0715. The highest BCUT2D eigenvalue weighted by Gasteiger charge is 2.31. The number of likely N-dealkylation sites (tertiary alicyclic amines) is 1. The lowest BCUT2D eigenvalue weighted by Crippen LogP contribution is -2.41. The minimum atomic E-state index is -0.0568. The Morgan fingerprint density at radius 3 is 3.09 bits per heavy atom. The minimum Gasteiger partial charge on any atom is -0.332 e. The monoisotopic (exact) mass is 330 g/mol. The highest BCUT2D eigenvalue weighted by Crippen LogP contribution is 2.22. The summed E-state index contributed by atoms with van der Waals surface area (Å²) in [4.78, 5) is 30.8. The van der Waals surface area contributed by atoms with E-state index in [1.165, 1.54) is 11.3 Å². The van der Waals surface area contributed by atoms with Gasteiger partial charge in [-0.05, 0) is 37.7 Å². The zero-order valence-electron chi connectivity index (χ0n) is 12.8. The Balaban J connectivity index is 1.56. The number of thiazole rings is 1. The lowest BCUT2D eigenvalue weighted by atomic mass is 10.2. The summed E-state index contributed by atoms with van der Waals surface area (Å²) in [7, 11) is 0. The van der Waals surface area contributed by atoms with E-state index in [9.17, 15) is 9.59 Å². The molecule has 0 aromatic carbocycles. The number of nitrogens with zero attached hydrogens (tertiary/aromatic N) is 4. The molecule has 2 aromatic rings. The van der Waals surface area contributed by atoms with Crippen molar-refractivity contribution in [2.75, 3.05) is 6.54 Å². The van der Waals surface area contributed by atoms with Crippen LogP contribution in [0.4, 0.5) is 0 Å². The first-order chi connectivity index (χ1) is 11.2. The Bertz CT molecular complexity index is 784. The van der Waals surface area contributed by atoms with Gasteiger partial charge in [-0.1, -0.05) is 0 Å². The van der Waals surface area contributed by atoms with Crippen LogP contribution in [-0.2, 0) is 19.4 Å². The maximum atomic E-state index is 12.5. The van der Waals surface area contributed by atoms with E-state index < -0.39 is 0 Å². The van der Waals surface area contributed by atoms with E-state index in [-0.39, 0.29) is 17.5 Å². The average molecular weight is 330 g/mol. The number of aromatic nitrogens is 3. The second-order valence-electron chi connectivity index (χ2n) is 6.16. The second-order valence-corrected chi connectivity index (χ2v) is 6.88. The van der Waals surface area contributed by atoms with Gasteiger partial charge < -0.3 is 4.90 Å². The normalized spacial score (nSPS) is 20.0. The fraction of sp³-hybridized carbons (Fsp3) is 0.500. The molecule has 2 aliphatic rings. The molecule has 120 valence electrons. The smallest absolute Gasteiger partial charge is 0.273 e. The van der Waals surface area contributed by atoms with Crippen molar-refractivity contribution >= 4 is 17.2 Å². The molecule has 1 atom stereocenters. The van der Waals surface area contributed by atoms with Crippen LogP contribution in [0, 0.1) is 0 Å². The molecule has 6 nitrogen and oxygen atoms in total. The highest BCUT2D eigenvalue weighted by atomic mass is 32.1. The van der Waals surface area contributed by atoms with E-state index in [2.05, 4.69) is 10.1 Å². The average Bonchev–Trinajstić information content (AvgIpc) is 3.28. The fourth-order valence-corrected chi connectivity index (χ4v) is 4.05. The van der Waals surface area contributed by atoms with E-state index >= 15 is 0 Å². The van der Waals surface area contributed by atoms with Crippen molar-refractivity contribution in [3.05, 3.63) is 44.3 Å². The molecule has 1 fully saturated rings. The van der Waals surface area contributed by atoms with Crippen molar-refractivity contribution in [2.24, 2.45) is 0 Å². The topological polar surface area (TPSA) is 68.1 Å². The molecule has 1 aliphatic carbocycles. The third-order valence-corrected chi connectivity index (χ3v) is 5.28. The number of rotatable bonds is 3. The van der Waals surface area contributed by atoms with Crippen LogP contribution in [0.2, 0.25) is 0 Å². The molecule has 1 aliphatic heterocycles. The van der Waals surface area contributed by atoms with Gasteiger partial charge in [0.2, 0.25) is 0 Å². The Morgan fingerprint density at radius 1 is 1.35 bits per heavy atom. The molecule has 3 heterocycles. The van der Waals surface area contributed by atoms with Gasteiger partial charge in [0.05, 0.1) is 23.8 Å². The molecule has 1 unspecified atom stereocenters. The largest absolute Gasteiger partial charge is 0.332 e. The van der Waals surface area contributed by atoms with E-state index in [4.69, 9.17) is 0 Å². The molecule has 0 radical (unpaired) electrons. The molecular formula is C16H18N4O2S. The molecule has 4 rings (SSSR count). The van der Waals surface area contributed by atoms with Gasteiger partial charge >= 0.3 is 0 Å². The molecule has 0 spiro atoms. The van der Waals surface area contributed by atoms with Crippen molar-refractivity contribution in [1.29, 1.82) is 0 Å². The molecule has 2 aromatic heterocycles. The number of aryl methyl sites for hydroxylation is 2. The van der Waals surface area contributed by atoms with Crippen LogP contribution in [0.1, 0.15) is 41.0 Å². The van der Waals surface area contributed by atoms with Gasteiger partial charge in [0, 0.05) is 18.0 Å².